The van der Waals surface area contributed by atoms with Gasteiger partial charge in [0.25, 0.3) is 0 Å². The van der Waals surface area contributed by atoms with Crippen LogP contribution in [0.3, 0.4) is 0 Å². The predicted molar refractivity (Wildman–Crippen MR) is 63.2 cm³/mol. The van der Waals surface area contributed by atoms with E-state index < -0.39 is 7.29 Å². The quantitative estimate of drug-likeness (QED) is 0.418. The van der Waals surface area contributed by atoms with Crippen LogP contribution in [0.2, 0.25) is 0 Å². The second-order valence-corrected chi connectivity index (χ2v) is 7.03. The third-order valence-electron chi connectivity index (χ3n) is 2.67. The lowest BCUT2D eigenvalue weighted by molar-refractivity contribution is 0.564. The van der Waals surface area contributed by atoms with E-state index in [0.717, 1.165) is 25.3 Å². The Morgan fingerprint density at radius 3 is 2.79 bits per heavy atom. The number of nitrogens with one attached hydrogen (secondary N) is 1. The van der Waals surface area contributed by atoms with Crippen LogP contribution < -0.4 is 5.09 Å². The first-order valence-electron chi connectivity index (χ1n) is 5.65. The topological polar surface area (TPSA) is 29.1 Å². The zero-order valence-electron chi connectivity index (χ0n) is 9.38. The molecule has 14 heavy (non-hydrogen) atoms. The SMILES string of the molecule is CCCCCCN[P@]1(=O)CC=C(C)C1. The number of rotatable bonds is 6. The van der Waals surface area contributed by atoms with E-state index in [4.69, 9.17) is 0 Å². The minimum absolute atomic E-state index is 0.770. The smallest absolute Gasteiger partial charge is 0.155 e. The molecule has 1 rings (SSSR count). The third kappa shape index (κ3) is 3.98. The van der Waals surface area contributed by atoms with Crippen molar-refractivity contribution in [1.82, 2.24) is 5.09 Å². The van der Waals surface area contributed by atoms with Crippen molar-refractivity contribution in [3.05, 3.63) is 11.6 Å². The summed E-state index contributed by atoms with van der Waals surface area (Å²) in [4.78, 5) is 0. The van der Waals surface area contributed by atoms with E-state index in [1.165, 1.54) is 24.8 Å². The van der Waals surface area contributed by atoms with E-state index in [0.29, 0.717) is 0 Å². The second kappa shape index (κ2) is 5.72. The molecule has 0 unspecified atom stereocenters. The number of allylic oxidation sites excluding steroid dienone is 2. The summed E-state index contributed by atoms with van der Waals surface area (Å²) >= 11 is 0. The largest absolute Gasteiger partial charge is 0.306 e. The van der Waals surface area contributed by atoms with Gasteiger partial charge >= 0.3 is 0 Å². The first-order chi connectivity index (χ1) is 6.66. The zero-order valence-corrected chi connectivity index (χ0v) is 10.3. The fourth-order valence-electron chi connectivity index (χ4n) is 1.79. The van der Waals surface area contributed by atoms with Gasteiger partial charge in [-0.2, -0.15) is 0 Å². The van der Waals surface area contributed by atoms with Crippen molar-refractivity contribution in [3.8, 4) is 0 Å². The molecule has 0 aliphatic carbocycles. The molecule has 3 heteroatoms. The van der Waals surface area contributed by atoms with E-state index in [2.05, 4.69) is 25.0 Å². The summed E-state index contributed by atoms with van der Waals surface area (Å²) in [5.41, 5.74) is 1.29. The van der Waals surface area contributed by atoms with Crippen LogP contribution in [0.15, 0.2) is 11.6 Å². The summed E-state index contributed by atoms with van der Waals surface area (Å²) in [5.74, 6) is 0. The van der Waals surface area contributed by atoms with Gasteiger partial charge in [-0.3, -0.25) is 5.09 Å². The molecule has 0 fully saturated rings. The highest BCUT2D eigenvalue weighted by Gasteiger charge is 2.24. The molecule has 1 N–H and O–H groups in total. The molecule has 0 bridgehead atoms. The van der Waals surface area contributed by atoms with Gasteiger partial charge in [0.2, 0.25) is 0 Å². The van der Waals surface area contributed by atoms with Crippen LogP contribution in [0.5, 0.6) is 0 Å². The molecule has 0 saturated carbocycles. The Hall–Kier alpha value is -0.0700. The van der Waals surface area contributed by atoms with Gasteiger partial charge in [0.15, 0.2) is 7.29 Å². The molecule has 0 amide bonds. The third-order valence-corrected chi connectivity index (χ3v) is 5.25. The fraction of sp³-hybridized carbons (Fsp3) is 0.818. The molecule has 1 aliphatic heterocycles. The molecule has 0 spiro atoms. The van der Waals surface area contributed by atoms with Crippen LogP contribution in [-0.4, -0.2) is 18.9 Å². The molecule has 0 aromatic carbocycles. The van der Waals surface area contributed by atoms with Crippen molar-refractivity contribution in [2.75, 3.05) is 18.9 Å². The van der Waals surface area contributed by atoms with Gasteiger partial charge in [0.05, 0.1) is 0 Å². The second-order valence-electron chi connectivity index (χ2n) is 4.25. The van der Waals surface area contributed by atoms with Crippen LogP contribution in [-0.2, 0) is 4.57 Å². The standard InChI is InChI=1S/C11H22NOP/c1-3-4-5-6-8-12-14(13)9-7-11(2)10-14/h7H,3-6,8-10H2,1-2H3,(H,12,13)/t14-/m0/s1. The van der Waals surface area contributed by atoms with Gasteiger partial charge in [-0.25, -0.2) is 0 Å². The van der Waals surface area contributed by atoms with Crippen LogP contribution in [0.4, 0.5) is 0 Å². The summed E-state index contributed by atoms with van der Waals surface area (Å²) < 4.78 is 12.1. The highest BCUT2D eigenvalue weighted by atomic mass is 31.2. The molecular weight excluding hydrogens is 193 g/mol. The fourth-order valence-corrected chi connectivity index (χ4v) is 4.27. The Morgan fingerprint density at radius 2 is 2.21 bits per heavy atom. The highest BCUT2D eigenvalue weighted by Crippen LogP contribution is 2.47. The molecular formula is C11H22NOP. The van der Waals surface area contributed by atoms with Gasteiger partial charge in [-0.1, -0.05) is 37.8 Å². The lowest BCUT2D eigenvalue weighted by Crippen LogP contribution is -2.13. The van der Waals surface area contributed by atoms with E-state index >= 15 is 0 Å². The van der Waals surface area contributed by atoms with Gasteiger partial charge in [-0.15, -0.1) is 0 Å². The summed E-state index contributed by atoms with van der Waals surface area (Å²) in [6.07, 6.45) is 8.65. The summed E-state index contributed by atoms with van der Waals surface area (Å²) in [7, 11) is -2.02. The maximum atomic E-state index is 12.1. The number of unbranched alkanes of at least 4 members (excludes halogenated alkanes) is 3. The molecule has 1 aliphatic rings. The minimum Gasteiger partial charge on any atom is -0.306 e. The van der Waals surface area contributed by atoms with Crippen LogP contribution >= 0.6 is 7.29 Å². The van der Waals surface area contributed by atoms with Crippen molar-refractivity contribution in [3.63, 3.8) is 0 Å². The average Bonchev–Trinajstić information content (AvgIpc) is 2.47. The highest BCUT2D eigenvalue weighted by molar-refractivity contribution is 7.62. The number of hydrogen-bond donors (Lipinski definition) is 1. The first kappa shape index (κ1) is 12.0. The summed E-state index contributed by atoms with van der Waals surface area (Å²) in [6, 6.07) is 0. The van der Waals surface area contributed by atoms with Crippen LogP contribution in [0.1, 0.15) is 39.5 Å². The van der Waals surface area contributed by atoms with E-state index in [-0.39, 0.29) is 0 Å². The van der Waals surface area contributed by atoms with Crippen molar-refractivity contribution in [2.24, 2.45) is 0 Å². The van der Waals surface area contributed by atoms with Gasteiger partial charge in [-0.05, 0) is 13.3 Å². The molecule has 0 saturated heterocycles. The van der Waals surface area contributed by atoms with Crippen molar-refractivity contribution in [1.29, 1.82) is 0 Å². The van der Waals surface area contributed by atoms with E-state index in [1.54, 1.807) is 0 Å². The molecule has 0 aromatic heterocycles. The lowest BCUT2D eigenvalue weighted by atomic mass is 10.2. The normalized spacial score (nSPS) is 26.6. The maximum absolute atomic E-state index is 12.1. The molecule has 2 nitrogen and oxygen atoms in total. The Labute approximate surface area is 87.6 Å². The van der Waals surface area contributed by atoms with Crippen molar-refractivity contribution in [2.45, 2.75) is 39.5 Å². The molecule has 0 aromatic rings. The Kier molecular flexibility index (Phi) is 4.91. The van der Waals surface area contributed by atoms with E-state index in [9.17, 15) is 4.57 Å². The monoisotopic (exact) mass is 215 g/mol. The molecule has 0 radical (unpaired) electrons. The Balaban J connectivity index is 2.10. The predicted octanol–water partition coefficient (Wildman–Crippen LogP) is 3.39. The van der Waals surface area contributed by atoms with Gasteiger partial charge < -0.3 is 4.57 Å². The van der Waals surface area contributed by atoms with Gasteiger partial charge in [0.1, 0.15) is 0 Å². The molecule has 82 valence electrons. The van der Waals surface area contributed by atoms with Crippen molar-refractivity contribution >= 4 is 7.29 Å². The lowest BCUT2D eigenvalue weighted by Gasteiger charge is -2.13. The van der Waals surface area contributed by atoms with Crippen LogP contribution in [0.25, 0.3) is 0 Å². The van der Waals surface area contributed by atoms with E-state index in [1.807, 2.05) is 0 Å². The Bertz CT molecular complexity index is 248. The first-order valence-corrected chi connectivity index (χ1v) is 7.73. The summed E-state index contributed by atoms with van der Waals surface area (Å²) in [5, 5.41) is 3.25. The zero-order chi connectivity index (χ0) is 10.4. The Morgan fingerprint density at radius 1 is 1.43 bits per heavy atom. The number of hydrogen-bond acceptors (Lipinski definition) is 1. The summed E-state index contributed by atoms with van der Waals surface area (Å²) in [6.45, 7) is 5.20. The minimum atomic E-state index is -2.02. The van der Waals surface area contributed by atoms with Crippen LogP contribution in [0, 0.1) is 0 Å². The molecule has 1 heterocycles. The van der Waals surface area contributed by atoms with Crippen molar-refractivity contribution < 1.29 is 4.57 Å². The average molecular weight is 215 g/mol. The van der Waals surface area contributed by atoms with Gasteiger partial charge in [0, 0.05) is 18.9 Å². The molecule has 1 atom stereocenters. The maximum Gasteiger partial charge on any atom is 0.155 e.